The summed E-state index contributed by atoms with van der Waals surface area (Å²) in [4.78, 5) is 20.5. The molecule has 0 radical (unpaired) electrons. The maximum Gasteiger partial charge on any atom is 2.00 e. The van der Waals surface area contributed by atoms with Crippen LogP contribution >= 0.6 is 0 Å². The Morgan fingerprint density at radius 1 is 1.55 bits per heavy atom. The summed E-state index contributed by atoms with van der Waals surface area (Å²) < 4.78 is 0. The molecule has 0 fully saturated rings. The van der Waals surface area contributed by atoms with Gasteiger partial charge in [0.1, 0.15) is 6.54 Å². The Morgan fingerprint density at radius 3 is 2.45 bits per heavy atom. The van der Waals surface area contributed by atoms with Gasteiger partial charge in [-0.15, -0.1) is 0 Å². The van der Waals surface area contributed by atoms with Gasteiger partial charge in [0.05, 0.1) is 0 Å². The summed E-state index contributed by atoms with van der Waals surface area (Å²) >= 11 is 0. The summed E-state index contributed by atoms with van der Waals surface area (Å²) in [5.74, 6) is -1.21. The van der Waals surface area contributed by atoms with Crippen molar-refractivity contribution >= 4 is 49.6 Å². The molecule has 62 valence electrons. The second-order valence-electron chi connectivity index (χ2n) is 1.92. The maximum absolute atomic E-state index is 10.6. The zero-order valence-electron chi connectivity index (χ0n) is 8.59. The normalized spacial score (nSPS) is 8.09. The minimum atomic E-state index is -1.01. The first-order valence-corrected chi connectivity index (χ1v) is 3.15. The molecule has 0 rings (SSSR count). The Balaban J connectivity index is -0.000000135. The van der Waals surface area contributed by atoms with Gasteiger partial charge in [0, 0.05) is 6.42 Å². The number of aliphatic carboxylic acids is 1. The van der Waals surface area contributed by atoms with E-state index in [1.165, 1.54) is 0 Å². The predicted octanol–water partition coefficient (Wildman–Crippen LogP) is -0.168. The Labute approximate surface area is 98.3 Å². The van der Waals surface area contributed by atoms with Gasteiger partial charge in [-0.25, -0.2) is 0 Å². The Bertz CT molecular complexity index is 146. The van der Waals surface area contributed by atoms with E-state index in [4.69, 9.17) is 5.11 Å². The first-order chi connectivity index (χ1) is 4.66. The molecular formula is C6H13CaNO3. The van der Waals surface area contributed by atoms with Crippen LogP contribution in [-0.2, 0) is 9.59 Å². The first kappa shape index (κ1) is 13.8. The Kier molecular flexibility index (Phi) is 10.4. The third kappa shape index (κ3) is 10.2. The molecule has 0 aliphatic carbocycles. The van der Waals surface area contributed by atoms with Crippen LogP contribution in [0.5, 0.6) is 0 Å². The smallest absolute Gasteiger partial charge is 1.00 e. The number of carbonyl (C=O) groups is 2. The molecule has 0 unspecified atom stereocenters. The van der Waals surface area contributed by atoms with E-state index in [1.54, 1.807) is 0 Å². The third-order valence-electron chi connectivity index (χ3n) is 0.914. The van der Waals surface area contributed by atoms with Crippen molar-refractivity contribution in [3.05, 3.63) is 0 Å². The number of amides is 1. The molecule has 4 nitrogen and oxygen atoms in total. The topological polar surface area (TPSA) is 66.4 Å². The van der Waals surface area contributed by atoms with Crippen molar-refractivity contribution < 1.29 is 17.5 Å². The fraction of sp³-hybridized carbons (Fsp3) is 0.667. The molecule has 0 bridgehead atoms. The predicted molar refractivity (Wildman–Crippen MR) is 43.5 cm³/mol. The molecule has 5 heteroatoms. The molecule has 0 atom stereocenters. The van der Waals surface area contributed by atoms with Gasteiger partial charge in [-0.3, -0.25) is 9.59 Å². The summed E-state index contributed by atoms with van der Waals surface area (Å²) in [6, 6.07) is 0. The standard InChI is InChI=1S/C6H11NO3.Ca.2H/c1-2-3-5(8)7-4-6(9)10;;;/h2-4H2,1H3,(H,7,8)(H,9,10);;;/q;+2;2*-1. The molecule has 1 amide bonds. The van der Waals surface area contributed by atoms with E-state index in [9.17, 15) is 9.59 Å². The molecule has 0 aliphatic rings. The molecule has 0 saturated heterocycles. The summed E-state index contributed by atoms with van der Waals surface area (Å²) in [5.41, 5.74) is 0. The quantitative estimate of drug-likeness (QED) is 0.601. The molecule has 0 aliphatic heterocycles. The zero-order valence-corrected chi connectivity index (χ0v) is 8.80. The van der Waals surface area contributed by atoms with E-state index in [1.807, 2.05) is 6.92 Å². The Morgan fingerprint density at radius 2 is 2.09 bits per heavy atom. The van der Waals surface area contributed by atoms with E-state index >= 15 is 0 Å². The number of carboxylic acid groups (broad SMARTS) is 1. The first-order valence-electron chi connectivity index (χ1n) is 3.15. The Hall–Kier alpha value is 0.200. The number of carbonyl (C=O) groups excluding carboxylic acids is 1. The van der Waals surface area contributed by atoms with Crippen LogP contribution in [0.4, 0.5) is 0 Å². The number of nitrogens with one attached hydrogen (secondary N) is 1. The van der Waals surface area contributed by atoms with Crippen LogP contribution in [0.1, 0.15) is 22.6 Å². The van der Waals surface area contributed by atoms with Crippen molar-refractivity contribution in [2.75, 3.05) is 6.54 Å². The fourth-order valence-electron chi connectivity index (χ4n) is 0.490. The van der Waals surface area contributed by atoms with E-state index < -0.39 is 5.97 Å². The van der Waals surface area contributed by atoms with E-state index in [0.717, 1.165) is 6.42 Å². The van der Waals surface area contributed by atoms with Gasteiger partial charge in [0.2, 0.25) is 5.91 Å². The van der Waals surface area contributed by atoms with Gasteiger partial charge >= 0.3 is 43.7 Å². The van der Waals surface area contributed by atoms with Gasteiger partial charge in [-0.2, -0.15) is 0 Å². The monoisotopic (exact) mass is 187 g/mol. The number of rotatable bonds is 4. The van der Waals surface area contributed by atoms with Crippen molar-refractivity contribution in [3.63, 3.8) is 0 Å². The summed E-state index contributed by atoms with van der Waals surface area (Å²) in [6.45, 7) is 1.58. The largest absolute Gasteiger partial charge is 2.00 e. The minimum Gasteiger partial charge on any atom is -1.00 e. The second-order valence-corrected chi connectivity index (χ2v) is 1.92. The maximum atomic E-state index is 10.6. The van der Waals surface area contributed by atoms with Crippen molar-refractivity contribution in [1.29, 1.82) is 0 Å². The van der Waals surface area contributed by atoms with Crippen molar-refractivity contribution in [2.45, 2.75) is 19.8 Å². The molecule has 2 N–H and O–H groups in total. The van der Waals surface area contributed by atoms with Crippen LogP contribution in [0.3, 0.4) is 0 Å². The van der Waals surface area contributed by atoms with Crippen molar-refractivity contribution in [2.24, 2.45) is 0 Å². The summed E-state index contributed by atoms with van der Waals surface area (Å²) in [7, 11) is 0. The van der Waals surface area contributed by atoms with E-state index in [0.29, 0.717) is 6.42 Å². The van der Waals surface area contributed by atoms with E-state index in [-0.39, 0.29) is 53.0 Å². The summed E-state index contributed by atoms with van der Waals surface area (Å²) in [6.07, 6.45) is 1.14. The zero-order chi connectivity index (χ0) is 7.98. The molecular weight excluding hydrogens is 174 g/mol. The average molecular weight is 187 g/mol. The summed E-state index contributed by atoms with van der Waals surface area (Å²) in [5, 5.41) is 10.4. The third-order valence-corrected chi connectivity index (χ3v) is 0.914. The van der Waals surface area contributed by atoms with Crippen molar-refractivity contribution in [3.8, 4) is 0 Å². The van der Waals surface area contributed by atoms with Gasteiger partial charge in [0.15, 0.2) is 0 Å². The molecule has 0 spiro atoms. The molecule has 0 aromatic heterocycles. The van der Waals surface area contributed by atoms with Crippen LogP contribution in [0.15, 0.2) is 0 Å². The van der Waals surface area contributed by atoms with Gasteiger partial charge in [-0.05, 0) is 6.42 Å². The van der Waals surface area contributed by atoms with Crippen LogP contribution in [0.25, 0.3) is 0 Å². The molecule has 0 aromatic rings. The SMILES string of the molecule is CCCC(=O)NCC(=O)O.[Ca+2].[H-].[H-]. The van der Waals surface area contributed by atoms with Crippen LogP contribution in [0, 0.1) is 0 Å². The van der Waals surface area contributed by atoms with Crippen LogP contribution in [0.2, 0.25) is 0 Å². The van der Waals surface area contributed by atoms with Gasteiger partial charge < -0.3 is 13.3 Å². The second kappa shape index (κ2) is 8.30. The number of hydrogen-bond donors (Lipinski definition) is 2. The average Bonchev–Trinajstić information content (AvgIpc) is 1.85. The van der Waals surface area contributed by atoms with Gasteiger partial charge in [0.25, 0.3) is 0 Å². The minimum absolute atomic E-state index is 0. The van der Waals surface area contributed by atoms with Crippen molar-refractivity contribution in [1.82, 2.24) is 5.32 Å². The fourth-order valence-corrected chi connectivity index (χ4v) is 0.490. The molecule has 0 saturated carbocycles. The molecule has 0 aromatic carbocycles. The van der Waals surface area contributed by atoms with Crippen LogP contribution in [-0.4, -0.2) is 61.3 Å². The van der Waals surface area contributed by atoms with Crippen LogP contribution < -0.4 is 5.32 Å². The number of carboxylic acids is 1. The molecule has 0 heterocycles. The number of hydrogen-bond acceptors (Lipinski definition) is 2. The van der Waals surface area contributed by atoms with Gasteiger partial charge in [-0.1, -0.05) is 6.92 Å². The molecule has 11 heavy (non-hydrogen) atoms. The van der Waals surface area contributed by atoms with E-state index in [2.05, 4.69) is 5.32 Å².